The Morgan fingerprint density at radius 2 is 2.38 bits per heavy atom. The number of nitrogens with zero attached hydrogens (tertiary/aromatic N) is 3. The van der Waals surface area contributed by atoms with E-state index in [0.29, 0.717) is 11.9 Å². The molecular weight excluding hydrogens is 220 g/mol. The fourth-order valence-electron chi connectivity index (χ4n) is 2.23. The van der Waals surface area contributed by atoms with Crippen LogP contribution in [0, 0.1) is 0 Å². The van der Waals surface area contributed by atoms with Gasteiger partial charge in [-0.05, 0) is 25.5 Å². The van der Waals surface area contributed by atoms with Crippen LogP contribution >= 0.6 is 11.8 Å². The van der Waals surface area contributed by atoms with E-state index in [1.807, 2.05) is 12.3 Å². The Labute approximate surface area is 101 Å². The summed E-state index contributed by atoms with van der Waals surface area (Å²) in [4.78, 5) is 11.1. The van der Waals surface area contributed by atoms with Gasteiger partial charge in [0, 0.05) is 18.7 Å². The van der Waals surface area contributed by atoms with E-state index in [-0.39, 0.29) is 0 Å². The average Bonchev–Trinajstić information content (AvgIpc) is 2.76. The van der Waals surface area contributed by atoms with Gasteiger partial charge in [0.15, 0.2) is 5.16 Å². The van der Waals surface area contributed by atoms with Crippen molar-refractivity contribution < 1.29 is 0 Å². The third-order valence-corrected chi connectivity index (χ3v) is 3.58. The minimum absolute atomic E-state index is 0.566. The Balaban J connectivity index is 2.28. The molecule has 0 saturated carbocycles. The van der Waals surface area contributed by atoms with Gasteiger partial charge >= 0.3 is 0 Å². The van der Waals surface area contributed by atoms with Crippen molar-refractivity contribution in [2.75, 3.05) is 23.4 Å². The monoisotopic (exact) mass is 238 g/mol. The minimum atomic E-state index is 0.566. The molecule has 1 unspecified atom stereocenters. The maximum absolute atomic E-state index is 5.80. The summed E-state index contributed by atoms with van der Waals surface area (Å²) in [6.45, 7) is 3.31. The molecule has 2 rings (SSSR count). The standard InChI is InChI=1S/C11H18N4S/c1-3-8-5-4-6-15(8)10-7-9(12)13-11(14-10)16-2/h7-8H,3-6H2,1-2H3,(H2,12,13,14). The molecule has 0 radical (unpaired) electrons. The maximum Gasteiger partial charge on any atom is 0.191 e. The zero-order valence-corrected chi connectivity index (χ0v) is 10.6. The summed E-state index contributed by atoms with van der Waals surface area (Å²) in [5.74, 6) is 1.55. The number of hydrogen-bond donors (Lipinski definition) is 1. The van der Waals surface area contributed by atoms with Crippen LogP contribution in [-0.4, -0.2) is 28.8 Å². The molecule has 2 heterocycles. The summed E-state index contributed by atoms with van der Waals surface area (Å²) in [5, 5.41) is 0.761. The smallest absolute Gasteiger partial charge is 0.191 e. The third kappa shape index (κ3) is 2.24. The van der Waals surface area contributed by atoms with Crippen molar-refractivity contribution in [3.63, 3.8) is 0 Å². The molecule has 1 aromatic rings. The second-order valence-electron chi connectivity index (χ2n) is 4.04. The Morgan fingerprint density at radius 3 is 3.06 bits per heavy atom. The molecule has 2 N–H and O–H groups in total. The van der Waals surface area contributed by atoms with E-state index in [9.17, 15) is 0 Å². The molecule has 1 aliphatic rings. The van der Waals surface area contributed by atoms with Gasteiger partial charge in [-0.1, -0.05) is 18.7 Å². The fraction of sp³-hybridized carbons (Fsp3) is 0.636. The SMILES string of the molecule is CCC1CCCN1c1cc(N)nc(SC)n1. The highest BCUT2D eigenvalue weighted by atomic mass is 32.2. The van der Waals surface area contributed by atoms with Gasteiger partial charge in [-0.15, -0.1) is 0 Å². The van der Waals surface area contributed by atoms with Crippen molar-refractivity contribution in [3.05, 3.63) is 6.07 Å². The van der Waals surface area contributed by atoms with Crippen LogP contribution in [0.4, 0.5) is 11.6 Å². The summed E-state index contributed by atoms with van der Waals surface area (Å²) in [7, 11) is 0. The van der Waals surface area contributed by atoms with Gasteiger partial charge in [-0.25, -0.2) is 9.97 Å². The molecule has 1 atom stereocenters. The molecule has 0 aliphatic carbocycles. The molecule has 4 nitrogen and oxygen atoms in total. The van der Waals surface area contributed by atoms with Gasteiger partial charge in [0.05, 0.1) is 0 Å². The van der Waals surface area contributed by atoms with Gasteiger partial charge < -0.3 is 10.6 Å². The number of thioether (sulfide) groups is 1. The van der Waals surface area contributed by atoms with Crippen molar-refractivity contribution >= 4 is 23.4 Å². The molecule has 1 aromatic heterocycles. The summed E-state index contributed by atoms with van der Waals surface area (Å²) in [6.07, 6.45) is 5.64. The lowest BCUT2D eigenvalue weighted by Gasteiger charge is -2.24. The van der Waals surface area contributed by atoms with Crippen LogP contribution in [0.3, 0.4) is 0 Å². The lowest BCUT2D eigenvalue weighted by molar-refractivity contribution is 0.637. The number of anilines is 2. The molecule has 0 bridgehead atoms. The first-order chi connectivity index (χ1) is 7.74. The van der Waals surface area contributed by atoms with Gasteiger partial charge in [0.25, 0.3) is 0 Å². The predicted octanol–water partition coefficient (Wildman–Crippen LogP) is 2.16. The van der Waals surface area contributed by atoms with Crippen LogP contribution in [0.25, 0.3) is 0 Å². The largest absolute Gasteiger partial charge is 0.383 e. The van der Waals surface area contributed by atoms with E-state index < -0.39 is 0 Å². The topological polar surface area (TPSA) is 55.0 Å². The van der Waals surface area contributed by atoms with Crippen molar-refractivity contribution in [2.45, 2.75) is 37.4 Å². The number of rotatable bonds is 3. The van der Waals surface area contributed by atoms with Gasteiger partial charge in [0.1, 0.15) is 11.6 Å². The van der Waals surface area contributed by atoms with Gasteiger partial charge in [-0.2, -0.15) is 0 Å². The summed E-state index contributed by atoms with van der Waals surface area (Å²) in [6, 6.07) is 2.50. The Bertz CT molecular complexity index is 369. The van der Waals surface area contributed by atoms with Crippen LogP contribution < -0.4 is 10.6 Å². The van der Waals surface area contributed by atoms with E-state index >= 15 is 0 Å². The Hall–Kier alpha value is -0.970. The van der Waals surface area contributed by atoms with Crippen LogP contribution in [0.2, 0.25) is 0 Å². The molecule has 88 valence electrons. The molecule has 1 fully saturated rings. The molecule has 0 spiro atoms. The van der Waals surface area contributed by atoms with Crippen molar-refractivity contribution in [3.8, 4) is 0 Å². The Morgan fingerprint density at radius 1 is 1.56 bits per heavy atom. The molecule has 5 heteroatoms. The van der Waals surface area contributed by atoms with Gasteiger partial charge in [-0.3, -0.25) is 0 Å². The van der Waals surface area contributed by atoms with E-state index in [1.54, 1.807) is 0 Å². The van der Waals surface area contributed by atoms with Gasteiger partial charge in [0.2, 0.25) is 0 Å². The quantitative estimate of drug-likeness (QED) is 0.646. The molecule has 0 aromatic carbocycles. The van der Waals surface area contributed by atoms with Crippen LogP contribution in [-0.2, 0) is 0 Å². The summed E-state index contributed by atoms with van der Waals surface area (Å²) >= 11 is 1.54. The summed E-state index contributed by atoms with van der Waals surface area (Å²) in [5.41, 5.74) is 5.80. The highest BCUT2D eigenvalue weighted by Crippen LogP contribution is 2.27. The van der Waals surface area contributed by atoms with Crippen LogP contribution in [0.1, 0.15) is 26.2 Å². The van der Waals surface area contributed by atoms with E-state index in [0.717, 1.165) is 17.5 Å². The normalized spacial score (nSPS) is 20.4. The molecule has 1 aliphatic heterocycles. The first kappa shape index (κ1) is 11.5. The molecular formula is C11H18N4S. The number of nitrogen functional groups attached to an aromatic ring is 1. The second-order valence-corrected chi connectivity index (χ2v) is 4.81. The zero-order chi connectivity index (χ0) is 11.5. The van der Waals surface area contributed by atoms with E-state index in [2.05, 4.69) is 21.8 Å². The van der Waals surface area contributed by atoms with Crippen LogP contribution in [0.5, 0.6) is 0 Å². The highest BCUT2D eigenvalue weighted by molar-refractivity contribution is 7.98. The van der Waals surface area contributed by atoms with Crippen molar-refractivity contribution in [1.29, 1.82) is 0 Å². The van der Waals surface area contributed by atoms with Crippen molar-refractivity contribution in [1.82, 2.24) is 9.97 Å². The minimum Gasteiger partial charge on any atom is -0.383 e. The Kier molecular flexibility index (Phi) is 3.53. The fourth-order valence-corrected chi connectivity index (χ4v) is 2.61. The number of nitrogens with two attached hydrogens (primary N) is 1. The van der Waals surface area contributed by atoms with Crippen LogP contribution in [0.15, 0.2) is 11.2 Å². The number of hydrogen-bond acceptors (Lipinski definition) is 5. The molecule has 16 heavy (non-hydrogen) atoms. The summed E-state index contributed by atoms with van der Waals surface area (Å²) < 4.78 is 0. The first-order valence-corrected chi connectivity index (χ1v) is 6.92. The number of aromatic nitrogens is 2. The predicted molar refractivity (Wildman–Crippen MR) is 68.9 cm³/mol. The lowest BCUT2D eigenvalue weighted by Crippen LogP contribution is -2.29. The van der Waals surface area contributed by atoms with Crippen molar-refractivity contribution in [2.24, 2.45) is 0 Å². The molecule has 1 saturated heterocycles. The zero-order valence-electron chi connectivity index (χ0n) is 9.81. The highest BCUT2D eigenvalue weighted by Gasteiger charge is 2.24. The average molecular weight is 238 g/mol. The van der Waals surface area contributed by atoms with E-state index in [4.69, 9.17) is 5.73 Å². The third-order valence-electron chi connectivity index (χ3n) is 3.04. The first-order valence-electron chi connectivity index (χ1n) is 5.69. The molecule has 0 amide bonds. The second kappa shape index (κ2) is 4.91. The maximum atomic E-state index is 5.80. The van der Waals surface area contributed by atoms with E-state index in [1.165, 1.54) is 31.0 Å². The lowest BCUT2D eigenvalue weighted by atomic mass is 10.2.